The molecule has 1 fully saturated rings. The van der Waals surface area contributed by atoms with Gasteiger partial charge in [0, 0.05) is 25.2 Å². The molecule has 1 aromatic carbocycles. The highest BCUT2D eigenvalue weighted by Crippen LogP contribution is 2.18. The van der Waals surface area contributed by atoms with E-state index in [1.54, 1.807) is 12.1 Å². The fraction of sp³-hybridized carbons (Fsp3) is 0.588. The number of carbonyl (C=O) groups is 1. The van der Waals surface area contributed by atoms with Gasteiger partial charge in [0.15, 0.2) is 0 Å². The van der Waals surface area contributed by atoms with Crippen molar-refractivity contribution in [2.24, 2.45) is 5.92 Å². The van der Waals surface area contributed by atoms with Crippen molar-refractivity contribution in [1.29, 1.82) is 0 Å². The van der Waals surface area contributed by atoms with Crippen LogP contribution in [0, 0.1) is 5.92 Å². The number of anilines is 1. The van der Waals surface area contributed by atoms with Gasteiger partial charge in [-0.05, 0) is 44.0 Å². The molecule has 2 N–H and O–H groups in total. The number of rotatable bonds is 6. The molecule has 1 aromatic rings. The summed E-state index contributed by atoms with van der Waals surface area (Å²) in [6, 6.07) is 7.20. The Morgan fingerprint density at radius 3 is 2.86 bits per heavy atom. The number of aliphatic hydroxyl groups excluding tert-OH is 1. The number of nitrogens with zero attached hydrogens (tertiary/aromatic N) is 1. The van der Waals surface area contributed by atoms with E-state index in [4.69, 9.17) is 4.74 Å². The number of amides is 1. The summed E-state index contributed by atoms with van der Waals surface area (Å²) in [5.74, 6) is 1.33. The summed E-state index contributed by atoms with van der Waals surface area (Å²) in [6.07, 6.45) is 1.90. The zero-order valence-corrected chi connectivity index (χ0v) is 13.4. The van der Waals surface area contributed by atoms with Gasteiger partial charge in [0.1, 0.15) is 18.5 Å². The zero-order chi connectivity index (χ0) is 15.9. The first-order valence-electron chi connectivity index (χ1n) is 7.94. The Labute approximate surface area is 132 Å². The van der Waals surface area contributed by atoms with Crippen LogP contribution < -0.4 is 10.1 Å². The summed E-state index contributed by atoms with van der Waals surface area (Å²) in [5.41, 5.74) is 0.699. The minimum atomic E-state index is -0.502. The van der Waals surface area contributed by atoms with Crippen molar-refractivity contribution in [3.8, 4) is 5.75 Å². The number of hydrogen-bond acceptors (Lipinski definition) is 4. The number of nitrogens with one attached hydrogen (secondary N) is 1. The van der Waals surface area contributed by atoms with Gasteiger partial charge in [0.25, 0.3) is 0 Å². The number of ether oxygens (including phenoxy) is 1. The standard InChI is InChI=1S/C17H26N2O3/c1-13-6-8-19(9-7-13)11-16(21)12-22-17-5-3-4-15(10-17)18-14(2)20/h3-5,10,13,16,21H,6-9,11-12H2,1-2H3,(H,18,20). The van der Waals surface area contributed by atoms with Crippen LogP contribution in [-0.2, 0) is 4.79 Å². The molecule has 0 radical (unpaired) electrons. The van der Waals surface area contributed by atoms with Crippen molar-refractivity contribution in [3.63, 3.8) is 0 Å². The Bertz CT molecular complexity index is 485. The average Bonchev–Trinajstić information content (AvgIpc) is 2.47. The number of likely N-dealkylation sites (tertiary alicyclic amines) is 1. The van der Waals surface area contributed by atoms with Crippen LogP contribution in [0.4, 0.5) is 5.69 Å². The largest absolute Gasteiger partial charge is 0.491 e. The van der Waals surface area contributed by atoms with E-state index in [0.717, 1.165) is 19.0 Å². The summed E-state index contributed by atoms with van der Waals surface area (Å²) in [4.78, 5) is 13.3. The molecule has 1 heterocycles. The molecule has 1 aliphatic rings. The summed E-state index contributed by atoms with van der Waals surface area (Å²) in [6.45, 7) is 6.76. The van der Waals surface area contributed by atoms with E-state index < -0.39 is 6.10 Å². The Morgan fingerprint density at radius 2 is 2.18 bits per heavy atom. The minimum absolute atomic E-state index is 0.114. The third-order valence-corrected chi connectivity index (χ3v) is 3.94. The van der Waals surface area contributed by atoms with Crippen LogP contribution in [-0.4, -0.2) is 48.3 Å². The van der Waals surface area contributed by atoms with Crippen molar-refractivity contribution < 1.29 is 14.6 Å². The third-order valence-electron chi connectivity index (χ3n) is 3.94. The molecule has 0 spiro atoms. The van der Waals surface area contributed by atoms with E-state index in [0.29, 0.717) is 18.0 Å². The molecule has 122 valence electrons. The Morgan fingerprint density at radius 1 is 1.45 bits per heavy atom. The van der Waals surface area contributed by atoms with Crippen LogP contribution in [0.25, 0.3) is 0 Å². The maximum atomic E-state index is 11.0. The second-order valence-electron chi connectivity index (χ2n) is 6.16. The molecule has 0 saturated carbocycles. The SMILES string of the molecule is CC(=O)Nc1cccc(OCC(O)CN2CCC(C)CC2)c1. The lowest BCUT2D eigenvalue weighted by Crippen LogP contribution is -2.40. The Hall–Kier alpha value is -1.59. The van der Waals surface area contributed by atoms with Crippen molar-refractivity contribution in [3.05, 3.63) is 24.3 Å². The van der Waals surface area contributed by atoms with Gasteiger partial charge < -0.3 is 20.1 Å². The van der Waals surface area contributed by atoms with Crippen LogP contribution in [0.15, 0.2) is 24.3 Å². The molecule has 1 amide bonds. The summed E-state index contributed by atoms with van der Waals surface area (Å²) >= 11 is 0. The molecule has 0 bridgehead atoms. The van der Waals surface area contributed by atoms with Crippen molar-refractivity contribution in [2.75, 3.05) is 31.6 Å². The van der Waals surface area contributed by atoms with Gasteiger partial charge in [-0.2, -0.15) is 0 Å². The van der Waals surface area contributed by atoms with Gasteiger partial charge in [-0.3, -0.25) is 4.79 Å². The molecule has 1 aliphatic heterocycles. The van der Waals surface area contributed by atoms with Crippen LogP contribution in [0.1, 0.15) is 26.7 Å². The lowest BCUT2D eigenvalue weighted by molar-refractivity contribution is -0.114. The van der Waals surface area contributed by atoms with Gasteiger partial charge >= 0.3 is 0 Å². The molecule has 1 atom stereocenters. The maximum absolute atomic E-state index is 11.0. The molecule has 1 unspecified atom stereocenters. The predicted octanol–water partition coefficient (Wildman–Crippen LogP) is 2.12. The van der Waals surface area contributed by atoms with Crippen molar-refractivity contribution in [1.82, 2.24) is 4.90 Å². The summed E-state index contributed by atoms with van der Waals surface area (Å²) < 4.78 is 5.62. The molecule has 5 heteroatoms. The lowest BCUT2D eigenvalue weighted by Gasteiger charge is -2.31. The molecule has 0 aromatic heterocycles. The van der Waals surface area contributed by atoms with E-state index in [-0.39, 0.29) is 12.5 Å². The number of β-amino-alcohol motifs (C(OH)–C–C–N with tert-alkyl or cyclic N) is 1. The Kier molecular flexibility index (Phi) is 6.21. The molecular formula is C17H26N2O3. The highest BCUT2D eigenvalue weighted by atomic mass is 16.5. The highest BCUT2D eigenvalue weighted by Gasteiger charge is 2.18. The van der Waals surface area contributed by atoms with Crippen molar-refractivity contribution >= 4 is 11.6 Å². The fourth-order valence-electron chi connectivity index (χ4n) is 2.65. The number of carbonyl (C=O) groups excluding carboxylic acids is 1. The smallest absolute Gasteiger partial charge is 0.221 e. The molecule has 1 saturated heterocycles. The molecule has 22 heavy (non-hydrogen) atoms. The Balaban J connectivity index is 1.76. The fourth-order valence-corrected chi connectivity index (χ4v) is 2.65. The van der Waals surface area contributed by atoms with Gasteiger partial charge in [0.2, 0.25) is 5.91 Å². The van der Waals surface area contributed by atoms with E-state index in [2.05, 4.69) is 17.1 Å². The summed E-state index contributed by atoms with van der Waals surface area (Å²) in [7, 11) is 0. The predicted molar refractivity (Wildman–Crippen MR) is 87.1 cm³/mol. The van der Waals surface area contributed by atoms with Crippen LogP contribution in [0.5, 0.6) is 5.75 Å². The van der Waals surface area contributed by atoms with E-state index >= 15 is 0 Å². The summed E-state index contributed by atoms with van der Waals surface area (Å²) in [5, 5.41) is 12.8. The second kappa shape index (κ2) is 8.15. The first-order chi connectivity index (χ1) is 10.5. The lowest BCUT2D eigenvalue weighted by atomic mass is 9.99. The second-order valence-corrected chi connectivity index (χ2v) is 6.16. The maximum Gasteiger partial charge on any atom is 0.221 e. The zero-order valence-electron chi connectivity index (χ0n) is 13.4. The molecule has 0 aliphatic carbocycles. The first kappa shape index (κ1) is 16.8. The van der Waals surface area contributed by atoms with Crippen LogP contribution in [0.3, 0.4) is 0 Å². The van der Waals surface area contributed by atoms with Crippen LogP contribution >= 0.6 is 0 Å². The number of piperidine rings is 1. The average molecular weight is 306 g/mol. The monoisotopic (exact) mass is 306 g/mol. The number of benzene rings is 1. The van der Waals surface area contributed by atoms with E-state index in [1.807, 2.05) is 12.1 Å². The van der Waals surface area contributed by atoms with Gasteiger partial charge in [-0.25, -0.2) is 0 Å². The number of hydrogen-bond donors (Lipinski definition) is 2. The van der Waals surface area contributed by atoms with E-state index in [9.17, 15) is 9.90 Å². The normalized spacial score (nSPS) is 18.0. The third kappa shape index (κ3) is 5.66. The quantitative estimate of drug-likeness (QED) is 0.845. The molecule has 2 rings (SSSR count). The minimum Gasteiger partial charge on any atom is -0.491 e. The molecule has 5 nitrogen and oxygen atoms in total. The van der Waals surface area contributed by atoms with Gasteiger partial charge in [0.05, 0.1) is 0 Å². The first-order valence-corrected chi connectivity index (χ1v) is 7.94. The van der Waals surface area contributed by atoms with E-state index in [1.165, 1.54) is 19.8 Å². The molecular weight excluding hydrogens is 280 g/mol. The van der Waals surface area contributed by atoms with Crippen molar-refractivity contribution in [2.45, 2.75) is 32.8 Å². The number of aliphatic hydroxyl groups is 1. The topological polar surface area (TPSA) is 61.8 Å². The van der Waals surface area contributed by atoms with Gasteiger partial charge in [-0.15, -0.1) is 0 Å². The highest BCUT2D eigenvalue weighted by molar-refractivity contribution is 5.88. The van der Waals surface area contributed by atoms with Crippen LogP contribution in [0.2, 0.25) is 0 Å². The van der Waals surface area contributed by atoms with Gasteiger partial charge in [-0.1, -0.05) is 13.0 Å².